The maximum Gasteiger partial charge on any atom is 0.416 e. The number of aromatic nitrogens is 2. The van der Waals surface area contributed by atoms with Crippen molar-refractivity contribution in [2.75, 3.05) is 11.9 Å². The van der Waals surface area contributed by atoms with Crippen molar-refractivity contribution >= 4 is 34.3 Å². The fourth-order valence-corrected chi connectivity index (χ4v) is 3.92. The van der Waals surface area contributed by atoms with Crippen LogP contribution in [0.3, 0.4) is 0 Å². The number of aryl methyl sites for hydroxylation is 1. The molecule has 2 heterocycles. The number of anilines is 1. The predicted molar refractivity (Wildman–Crippen MR) is 116 cm³/mol. The molecule has 1 unspecified atom stereocenters. The third-order valence-corrected chi connectivity index (χ3v) is 5.46. The van der Waals surface area contributed by atoms with E-state index in [1.54, 1.807) is 31.3 Å². The highest BCUT2D eigenvalue weighted by atomic mass is 19.4. The van der Waals surface area contributed by atoms with Gasteiger partial charge in [0.05, 0.1) is 28.8 Å². The Bertz CT molecular complexity index is 1390. The van der Waals surface area contributed by atoms with E-state index in [9.17, 15) is 27.6 Å². The minimum absolute atomic E-state index is 0.188. The molecule has 180 valence electrons. The zero-order valence-electron chi connectivity index (χ0n) is 18.3. The number of hydrogen-bond donors (Lipinski definition) is 2. The summed E-state index contributed by atoms with van der Waals surface area (Å²) in [7, 11) is 1.64. The number of amides is 3. The maximum absolute atomic E-state index is 13.1. The van der Waals surface area contributed by atoms with Gasteiger partial charge >= 0.3 is 6.18 Å². The van der Waals surface area contributed by atoms with Crippen LogP contribution >= 0.6 is 0 Å². The smallest absolute Gasteiger partial charge is 0.416 e. The topological polar surface area (TPSA) is 126 Å². The lowest BCUT2D eigenvalue weighted by atomic mass is 9.93. The number of carbonyl (C=O) groups excluding carboxylic acids is 3. The Labute approximate surface area is 196 Å². The molecule has 35 heavy (non-hydrogen) atoms. The van der Waals surface area contributed by atoms with Gasteiger partial charge in [0.25, 0.3) is 5.91 Å². The van der Waals surface area contributed by atoms with Crippen LogP contribution in [-0.4, -0.2) is 34.1 Å². The van der Waals surface area contributed by atoms with Crippen LogP contribution in [0.2, 0.25) is 0 Å². The van der Waals surface area contributed by atoms with Crippen LogP contribution in [0.25, 0.3) is 10.9 Å². The van der Waals surface area contributed by atoms with Gasteiger partial charge in [-0.1, -0.05) is 12.1 Å². The van der Waals surface area contributed by atoms with E-state index in [1.807, 2.05) is 0 Å². The number of rotatable bonds is 5. The largest absolute Gasteiger partial charge is 0.481 e. The number of para-hydroxylation sites is 1. The molecule has 0 radical (unpaired) electrons. The molecular weight excluding hydrogens is 467 g/mol. The summed E-state index contributed by atoms with van der Waals surface area (Å²) in [6.45, 7) is -0.532. The zero-order valence-corrected chi connectivity index (χ0v) is 18.3. The van der Waals surface area contributed by atoms with Crippen LogP contribution in [0.4, 0.5) is 18.9 Å². The number of piperidine rings is 1. The summed E-state index contributed by atoms with van der Waals surface area (Å²) < 4.78 is 46.3. The number of imide groups is 1. The van der Waals surface area contributed by atoms with Gasteiger partial charge in [-0.25, -0.2) is 0 Å². The molecule has 1 saturated heterocycles. The fourth-order valence-electron chi connectivity index (χ4n) is 3.92. The molecule has 1 atom stereocenters. The van der Waals surface area contributed by atoms with E-state index in [0.717, 1.165) is 12.1 Å². The highest BCUT2D eigenvalue weighted by Gasteiger charge is 2.33. The van der Waals surface area contributed by atoms with Crippen molar-refractivity contribution in [2.24, 2.45) is 7.05 Å². The van der Waals surface area contributed by atoms with Crippen molar-refractivity contribution in [1.82, 2.24) is 15.1 Å². The zero-order chi connectivity index (χ0) is 25.3. The third kappa shape index (κ3) is 4.93. The SMILES string of the molecule is Cn1nc(C2CCC(=O)NC2=O)c2cccc(OCC(=O)Nc3cc(C#N)cc(C(F)(F)F)c3)c21. The fraction of sp³-hybridized carbons (Fsp3) is 0.261. The molecule has 12 heteroatoms. The van der Waals surface area contributed by atoms with E-state index in [1.165, 1.54) is 4.68 Å². The summed E-state index contributed by atoms with van der Waals surface area (Å²) in [4.78, 5) is 36.2. The quantitative estimate of drug-likeness (QED) is 0.535. The van der Waals surface area contributed by atoms with Crippen LogP contribution in [0.5, 0.6) is 5.75 Å². The van der Waals surface area contributed by atoms with Crippen molar-refractivity contribution in [3.05, 3.63) is 53.2 Å². The van der Waals surface area contributed by atoms with E-state index in [-0.39, 0.29) is 29.3 Å². The highest BCUT2D eigenvalue weighted by molar-refractivity contribution is 6.03. The molecule has 2 aromatic carbocycles. The number of nitrogens with one attached hydrogen (secondary N) is 2. The normalized spacial score (nSPS) is 16.0. The van der Waals surface area contributed by atoms with Gasteiger partial charge in [-0.05, 0) is 30.7 Å². The Hall–Kier alpha value is -4.40. The molecule has 1 aliphatic rings. The molecule has 4 rings (SSSR count). The number of nitriles is 1. The summed E-state index contributed by atoms with van der Waals surface area (Å²) in [5, 5.41) is 18.6. The Balaban J connectivity index is 1.53. The average molecular weight is 485 g/mol. The first-order chi connectivity index (χ1) is 16.6. The molecule has 1 aromatic heterocycles. The average Bonchev–Trinajstić information content (AvgIpc) is 3.13. The van der Waals surface area contributed by atoms with Gasteiger partial charge in [0.15, 0.2) is 6.61 Å². The Morgan fingerprint density at radius 3 is 2.77 bits per heavy atom. The molecule has 0 bridgehead atoms. The number of fused-ring (bicyclic) bond motifs is 1. The highest BCUT2D eigenvalue weighted by Crippen LogP contribution is 2.34. The predicted octanol–water partition coefficient (Wildman–Crippen LogP) is 3.00. The lowest BCUT2D eigenvalue weighted by Crippen LogP contribution is -2.39. The second kappa shape index (κ2) is 9.09. The van der Waals surface area contributed by atoms with Gasteiger partial charge < -0.3 is 10.1 Å². The number of carbonyl (C=O) groups is 3. The summed E-state index contributed by atoms with van der Waals surface area (Å²) in [6.07, 6.45) is -4.18. The first kappa shape index (κ1) is 23.7. The van der Waals surface area contributed by atoms with Gasteiger partial charge in [-0.2, -0.15) is 23.5 Å². The molecule has 0 spiro atoms. The van der Waals surface area contributed by atoms with Crippen LogP contribution in [-0.2, 0) is 27.6 Å². The molecular formula is C23H18F3N5O4. The van der Waals surface area contributed by atoms with Crippen LogP contribution in [0.15, 0.2) is 36.4 Å². The van der Waals surface area contributed by atoms with Crippen molar-refractivity contribution in [2.45, 2.75) is 24.9 Å². The second-order valence-corrected chi connectivity index (χ2v) is 7.91. The lowest BCUT2D eigenvalue weighted by molar-refractivity contribution is -0.138. The van der Waals surface area contributed by atoms with Crippen molar-refractivity contribution in [1.29, 1.82) is 5.26 Å². The van der Waals surface area contributed by atoms with Crippen molar-refractivity contribution in [3.8, 4) is 11.8 Å². The first-order valence-corrected chi connectivity index (χ1v) is 10.4. The summed E-state index contributed by atoms with van der Waals surface area (Å²) >= 11 is 0. The second-order valence-electron chi connectivity index (χ2n) is 7.91. The third-order valence-electron chi connectivity index (χ3n) is 5.46. The maximum atomic E-state index is 13.1. The number of ether oxygens (including phenoxy) is 1. The van der Waals surface area contributed by atoms with Gasteiger partial charge in [-0.3, -0.25) is 24.4 Å². The molecule has 0 saturated carbocycles. The van der Waals surface area contributed by atoms with Gasteiger partial charge in [0.2, 0.25) is 11.8 Å². The van der Waals surface area contributed by atoms with Crippen molar-refractivity contribution < 1.29 is 32.3 Å². The standard InChI is InChI=1S/C23H18F3N5O4/c1-31-21-15(20(30-31)16-5-6-18(32)29-22(16)34)3-2-4-17(21)35-11-19(33)28-14-8-12(10-27)7-13(9-14)23(24,25)26/h2-4,7-9,16H,5-6,11H2,1H3,(H,28,33)(H,29,32,34). The number of alkyl halides is 3. The number of halogens is 3. The minimum Gasteiger partial charge on any atom is -0.481 e. The van der Waals surface area contributed by atoms with E-state index in [4.69, 9.17) is 10.00 Å². The molecule has 0 aliphatic carbocycles. The van der Waals surface area contributed by atoms with Gasteiger partial charge in [0, 0.05) is 24.5 Å². The monoisotopic (exact) mass is 485 g/mol. The number of benzene rings is 2. The molecule has 9 nitrogen and oxygen atoms in total. The van der Waals surface area contributed by atoms with Crippen molar-refractivity contribution in [3.63, 3.8) is 0 Å². The summed E-state index contributed by atoms with van der Waals surface area (Å²) in [5.74, 6) is -1.87. The van der Waals surface area contributed by atoms with E-state index >= 15 is 0 Å². The lowest BCUT2D eigenvalue weighted by Gasteiger charge is -2.19. The Morgan fingerprint density at radius 1 is 1.31 bits per heavy atom. The van der Waals surface area contributed by atoms with E-state index in [2.05, 4.69) is 15.7 Å². The van der Waals surface area contributed by atoms with Crippen LogP contribution < -0.4 is 15.4 Å². The van der Waals surface area contributed by atoms with E-state index in [0.29, 0.717) is 29.1 Å². The molecule has 1 fully saturated rings. The summed E-state index contributed by atoms with van der Waals surface area (Å²) in [6, 6.07) is 9.15. The molecule has 2 N–H and O–H groups in total. The Kier molecular flexibility index (Phi) is 6.17. The molecule has 3 aromatic rings. The first-order valence-electron chi connectivity index (χ1n) is 10.4. The molecule has 1 aliphatic heterocycles. The summed E-state index contributed by atoms with van der Waals surface area (Å²) in [5.41, 5.74) is -0.532. The van der Waals surface area contributed by atoms with Gasteiger partial charge in [-0.15, -0.1) is 0 Å². The Morgan fingerprint density at radius 2 is 2.09 bits per heavy atom. The number of nitrogens with zero attached hydrogens (tertiary/aromatic N) is 3. The minimum atomic E-state index is -4.68. The van der Waals surface area contributed by atoms with E-state index < -0.39 is 36.1 Å². The van der Waals surface area contributed by atoms with Crippen LogP contribution in [0, 0.1) is 11.3 Å². The number of hydrogen-bond acceptors (Lipinski definition) is 6. The van der Waals surface area contributed by atoms with Crippen LogP contribution in [0.1, 0.15) is 35.6 Å². The van der Waals surface area contributed by atoms with Gasteiger partial charge in [0.1, 0.15) is 11.3 Å². The molecule has 3 amide bonds.